The predicted molar refractivity (Wildman–Crippen MR) is 107 cm³/mol. The van der Waals surface area contributed by atoms with E-state index in [4.69, 9.17) is 9.11 Å². The summed E-state index contributed by atoms with van der Waals surface area (Å²) in [6, 6.07) is 0. The van der Waals surface area contributed by atoms with Crippen molar-refractivity contribution in [1.82, 2.24) is 10.1 Å². The van der Waals surface area contributed by atoms with Crippen molar-refractivity contribution in [3.8, 4) is 0 Å². The fraction of sp³-hybridized carbons (Fsp3) is 0.571. The molecular formula is C14H16N2O18S3. The maximum absolute atomic E-state index is 11.9. The average molecular weight is 596 g/mol. The predicted octanol–water partition coefficient (Wildman–Crippen LogP) is -3.43. The highest BCUT2D eigenvalue weighted by molar-refractivity contribution is 7.91. The van der Waals surface area contributed by atoms with Crippen LogP contribution in [0, 0.1) is 0 Å². The van der Waals surface area contributed by atoms with Crippen molar-refractivity contribution < 1.29 is 82.3 Å². The molecule has 0 aliphatic carbocycles. The summed E-state index contributed by atoms with van der Waals surface area (Å²) in [5.41, 5.74) is 0. The van der Waals surface area contributed by atoms with Crippen molar-refractivity contribution in [2.45, 2.75) is 23.3 Å². The number of hydrogen-bond acceptors (Lipinski definition) is 16. The van der Waals surface area contributed by atoms with Gasteiger partial charge in [-0.05, 0) is 0 Å². The molecule has 2 fully saturated rings. The van der Waals surface area contributed by atoms with Crippen molar-refractivity contribution in [3.05, 3.63) is 0 Å². The molecule has 0 unspecified atom stereocenters. The van der Waals surface area contributed by atoms with Gasteiger partial charge in [-0.15, -0.1) is 0 Å². The van der Waals surface area contributed by atoms with Crippen LogP contribution in [0.1, 0.15) is 12.8 Å². The molecule has 0 spiro atoms. The molecule has 2 heterocycles. The Morgan fingerprint density at radius 1 is 0.703 bits per heavy atom. The number of imide groups is 2. The van der Waals surface area contributed by atoms with Gasteiger partial charge in [-0.25, -0.2) is 18.0 Å². The molecule has 0 aromatic heterocycles. The lowest BCUT2D eigenvalue weighted by molar-refractivity contribution is -0.177. The molecule has 20 nitrogen and oxygen atoms in total. The second kappa shape index (κ2) is 10.9. The summed E-state index contributed by atoms with van der Waals surface area (Å²) < 4.78 is 94.3. The van der Waals surface area contributed by atoms with E-state index in [-0.39, 0.29) is 10.1 Å². The number of hydrogen-bond donors (Lipinski definition) is 2. The Labute approximate surface area is 206 Å². The van der Waals surface area contributed by atoms with E-state index in [1.807, 2.05) is 0 Å². The Morgan fingerprint density at radius 3 is 1.30 bits per heavy atom. The van der Waals surface area contributed by atoms with Crippen molar-refractivity contribution in [3.63, 3.8) is 0 Å². The Morgan fingerprint density at radius 2 is 1.03 bits per heavy atom. The maximum atomic E-state index is 11.9. The van der Waals surface area contributed by atoms with Gasteiger partial charge in [0.1, 0.15) is 13.2 Å². The number of carbonyl (C=O) groups excluding carboxylic acids is 6. The summed E-state index contributed by atoms with van der Waals surface area (Å²) in [4.78, 5) is 78.0. The minimum Gasteiger partial charge on any atom is -0.432 e. The van der Waals surface area contributed by atoms with E-state index in [2.05, 4.69) is 19.1 Å². The fourth-order valence-electron chi connectivity index (χ4n) is 2.63. The first kappa shape index (κ1) is 29.8. The quantitative estimate of drug-likeness (QED) is 0.141. The molecule has 0 saturated carbocycles. The molecule has 37 heavy (non-hydrogen) atoms. The van der Waals surface area contributed by atoms with Crippen molar-refractivity contribution in [2.75, 3.05) is 24.7 Å². The number of nitrogens with zero attached hydrogens (tertiary/aromatic N) is 2. The summed E-state index contributed by atoms with van der Waals surface area (Å²) in [6.45, 7) is -1.81. The standard InChI is InChI=1S/C14H16N2O18S3/c17-9-5-7(36(25,26)27)11(19)15(9)33-13(21)31-1-3-35(23,24)4-2-32-14(22)34-16-10(18)6-8(12(16)20)37(28,29)30/h7-8H,1-6H2,(H,25,26,27)(H,28,29,30)/t7-,8-/m1/s1. The maximum Gasteiger partial charge on any atom is 0.533 e. The number of carbonyl (C=O) groups is 6. The Hall–Kier alpha value is -3.41. The molecule has 208 valence electrons. The normalized spacial score (nSPS) is 20.8. The van der Waals surface area contributed by atoms with Gasteiger partial charge in [-0.2, -0.15) is 16.8 Å². The molecule has 4 amide bonds. The largest absolute Gasteiger partial charge is 0.533 e. The van der Waals surface area contributed by atoms with Gasteiger partial charge in [0.2, 0.25) is 0 Å². The van der Waals surface area contributed by atoms with Crippen LogP contribution in [-0.2, 0) is 68.4 Å². The molecule has 2 aliphatic heterocycles. The van der Waals surface area contributed by atoms with E-state index < -0.39 is 114 Å². The van der Waals surface area contributed by atoms with E-state index in [1.165, 1.54) is 0 Å². The summed E-state index contributed by atoms with van der Waals surface area (Å²) in [5.74, 6) is -7.57. The third-order valence-corrected chi connectivity index (χ3v) is 8.16. The number of hydroxylamine groups is 4. The van der Waals surface area contributed by atoms with E-state index in [0.29, 0.717) is 0 Å². The molecule has 2 aliphatic rings. The molecule has 2 N–H and O–H groups in total. The molecule has 2 atom stereocenters. The first-order valence-electron chi connectivity index (χ1n) is 9.39. The van der Waals surface area contributed by atoms with Crippen LogP contribution in [-0.4, -0.2) is 116 Å². The molecule has 0 aromatic carbocycles. The van der Waals surface area contributed by atoms with E-state index in [1.54, 1.807) is 0 Å². The third-order valence-electron chi connectivity index (χ3n) is 4.40. The number of ether oxygens (including phenoxy) is 2. The minimum atomic E-state index is -4.96. The van der Waals surface area contributed by atoms with Crippen LogP contribution in [0.3, 0.4) is 0 Å². The fourth-order valence-corrected chi connectivity index (χ4v) is 4.92. The summed E-state index contributed by atoms with van der Waals surface area (Å²) >= 11 is 0. The summed E-state index contributed by atoms with van der Waals surface area (Å²) in [6.07, 6.45) is -5.56. The number of sulfone groups is 1. The van der Waals surface area contributed by atoms with Gasteiger partial charge >= 0.3 is 12.3 Å². The third kappa shape index (κ3) is 7.78. The zero-order valence-corrected chi connectivity index (χ0v) is 20.4. The minimum absolute atomic E-state index is 0.275. The monoisotopic (exact) mass is 596 g/mol. The topological polar surface area (TPSA) is 289 Å². The zero-order valence-electron chi connectivity index (χ0n) is 17.9. The first-order chi connectivity index (χ1) is 16.8. The molecule has 23 heteroatoms. The van der Waals surface area contributed by atoms with Gasteiger partial charge in [0.05, 0.1) is 24.3 Å². The zero-order chi connectivity index (χ0) is 28.3. The average Bonchev–Trinajstić information content (AvgIpc) is 3.18. The van der Waals surface area contributed by atoms with Crippen LogP contribution >= 0.6 is 0 Å². The van der Waals surface area contributed by atoms with Gasteiger partial charge in [0.25, 0.3) is 43.9 Å². The van der Waals surface area contributed by atoms with Gasteiger partial charge in [0.15, 0.2) is 20.3 Å². The van der Waals surface area contributed by atoms with Crippen molar-refractivity contribution in [2.24, 2.45) is 0 Å². The SMILES string of the molecule is O=C(OCCS(=O)(=O)CCOC(=O)ON1C(=O)C[C@@H](S(=O)(=O)O)C1=O)ON1C(=O)C[C@@H](S(=O)(=O)O)C1=O. The Balaban J connectivity index is 1.74. The van der Waals surface area contributed by atoms with Crippen molar-refractivity contribution in [1.29, 1.82) is 0 Å². The van der Waals surface area contributed by atoms with Gasteiger partial charge in [0, 0.05) is 0 Å². The first-order valence-corrected chi connectivity index (χ1v) is 14.2. The van der Waals surface area contributed by atoms with Gasteiger partial charge in [-0.1, -0.05) is 10.1 Å². The highest BCUT2D eigenvalue weighted by atomic mass is 32.2. The summed E-state index contributed by atoms with van der Waals surface area (Å²) in [7, 11) is -14.0. The Kier molecular flexibility index (Phi) is 8.79. The van der Waals surface area contributed by atoms with E-state index in [9.17, 15) is 54.0 Å². The van der Waals surface area contributed by atoms with Crippen LogP contribution in [0.15, 0.2) is 0 Å². The summed E-state index contributed by atoms with van der Waals surface area (Å²) in [5, 5.41) is -4.93. The van der Waals surface area contributed by atoms with Crippen LogP contribution in [0.25, 0.3) is 0 Å². The molecule has 2 saturated heterocycles. The van der Waals surface area contributed by atoms with Gasteiger partial charge < -0.3 is 9.47 Å². The molecule has 0 bridgehead atoms. The van der Waals surface area contributed by atoms with Crippen molar-refractivity contribution >= 4 is 66.0 Å². The smallest absolute Gasteiger partial charge is 0.432 e. The molecule has 0 aromatic rings. The lowest BCUT2D eigenvalue weighted by atomic mass is 10.4. The van der Waals surface area contributed by atoms with Crippen LogP contribution in [0.5, 0.6) is 0 Å². The molecule has 2 rings (SSSR count). The molecular weight excluding hydrogens is 580 g/mol. The number of amides is 4. The highest BCUT2D eigenvalue weighted by Gasteiger charge is 2.49. The van der Waals surface area contributed by atoms with Gasteiger partial charge in [-0.3, -0.25) is 38.0 Å². The lowest BCUT2D eigenvalue weighted by Crippen LogP contribution is -2.37. The Bertz CT molecular complexity index is 1240. The number of rotatable bonds is 10. The van der Waals surface area contributed by atoms with Crippen LogP contribution < -0.4 is 0 Å². The lowest BCUT2D eigenvalue weighted by Gasteiger charge is -2.13. The second-order valence-electron chi connectivity index (χ2n) is 7.00. The second-order valence-corrected chi connectivity index (χ2v) is 12.5. The van der Waals surface area contributed by atoms with Crippen LogP contribution in [0.4, 0.5) is 9.59 Å². The van der Waals surface area contributed by atoms with E-state index >= 15 is 0 Å². The van der Waals surface area contributed by atoms with Crippen LogP contribution in [0.2, 0.25) is 0 Å². The molecule has 0 radical (unpaired) electrons. The highest BCUT2D eigenvalue weighted by Crippen LogP contribution is 2.21. The van der Waals surface area contributed by atoms with E-state index in [0.717, 1.165) is 0 Å².